The van der Waals surface area contributed by atoms with Crippen molar-refractivity contribution < 1.29 is 28.6 Å². The quantitative estimate of drug-likeness (QED) is 0.0262. The molecule has 0 aliphatic heterocycles. The number of carbonyl (C=O) groups is 3. The normalized spacial score (nSPS) is 12.2. The summed E-state index contributed by atoms with van der Waals surface area (Å²) >= 11 is 0. The predicted molar refractivity (Wildman–Crippen MR) is 266 cm³/mol. The number of hydrogen-bond acceptors (Lipinski definition) is 6. The van der Waals surface area contributed by atoms with Crippen LogP contribution >= 0.6 is 0 Å². The van der Waals surface area contributed by atoms with Crippen molar-refractivity contribution in [2.45, 2.75) is 290 Å². The van der Waals surface area contributed by atoms with Crippen molar-refractivity contribution in [3.05, 3.63) is 36.5 Å². The first-order chi connectivity index (χ1) is 30.5. The van der Waals surface area contributed by atoms with Gasteiger partial charge in [0.25, 0.3) is 0 Å². The molecule has 0 bridgehead atoms. The van der Waals surface area contributed by atoms with E-state index in [0.29, 0.717) is 19.3 Å². The average Bonchev–Trinajstić information content (AvgIpc) is 3.27. The lowest BCUT2D eigenvalue weighted by atomic mass is 10.0. The summed E-state index contributed by atoms with van der Waals surface area (Å²) in [7, 11) is 0. The monoisotopic (exact) mass is 871 g/mol. The molecule has 0 aliphatic rings. The minimum atomic E-state index is -0.774. The zero-order chi connectivity index (χ0) is 45.1. The molecule has 0 saturated carbocycles. The maximum Gasteiger partial charge on any atom is 0.306 e. The van der Waals surface area contributed by atoms with E-state index in [2.05, 4.69) is 57.2 Å². The Hall–Kier alpha value is -2.37. The molecule has 62 heavy (non-hydrogen) atoms. The van der Waals surface area contributed by atoms with Crippen molar-refractivity contribution in [3.8, 4) is 0 Å². The highest BCUT2D eigenvalue weighted by atomic mass is 16.6. The van der Waals surface area contributed by atoms with Gasteiger partial charge in [0.15, 0.2) is 6.10 Å². The van der Waals surface area contributed by atoms with E-state index >= 15 is 0 Å². The van der Waals surface area contributed by atoms with E-state index in [1.165, 1.54) is 167 Å². The molecular weight excluding hydrogens is 769 g/mol. The summed E-state index contributed by atoms with van der Waals surface area (Å²) in [4.78, 5) is 38.0. The average molecular weight is 871 g/mol. The highest BCUT2D eigenvalue weighted by Crippen LogP contribution is 2.16. The summed E-state index contributed by atoms with van der Waals surface area (Å²) < 4.78 is 16.8. The summed E-state index contributed by atoms with van der Waals surface area (Å²) in [6.07, 6.45) is 59.8. The third kappa shape index (κ3) is 48.7. The van der Waals surface area contributed by atoms with Gasteiger partial charge >= 0.3 is 17.9 Å². The Morgan fingerprint density at radius 1 is 0.323 bits per heavy atom. The second kappa shape index (κ2) is 51.3. The van der Waals surface area contributed by atoms with Crippen LogP contribution in [0.3, 0.4) is 0 Å². The van der Waals surface area contributed by atoms with Gasteiger partial charge in [-0.05, 0) is 77.0 Å². The van der Waals surface area contributed by atoms with Gasteiger partial charge < -0.3 is 14.2 Å². The molecule has 0 aliphatic carbocycles. The number of carbonyl (C=O) groups excluding carboxylic acids is 3. The molecule has 0 aromatic rings. The van der Waals surface area contributed by atoms with Gasteiger partial charge in [-0.2, -0.15) is 0 Å². The predicted octanol–water partition coefficient (Wildman–Crippen LogP) is 17.7. The van der Waals surface area contributed by atoms with E-state index in [9.17, 15) is 14.4 Å². The van der Waals surface area contributed by atoms with Crippen LogP contribution in [0.1, 0.15) is 284 Å². The first-order valence-corrected chi connectivity index (χ1v) is 27.0. The molecule has 0 spiro atoms. The van der Waals surface area contributed by atoms with Crippen molar-refractivity contribution in [3.63, 3.8) is 0 Å². The van der Waals surface area contributed by atoms with Crippen LogP contribution in [-0.4, -0.2) is 37.2 Å². The Bertz CT molecular complexity index is 1050. The summed E-state index contributed by atoms with van der Waals surface area (Å²) in [5, 5.41) is 0. The highest BCUT2D eigenvalue weighted by Gasteiger charge is 2.19. The second-order valence-corrected chi connectivity index (χ2v) is 18.1. The smallest absolute Gasteiger partial charge is 0.306 e. The minimum Gasteiger partial charge on any atom is -0.462 e. The molecule has 0 aromatic heterocycles. The Morgan fingerprint density at radius 2 is 0.581 bits per heavy atom. The Labute approximate surface area is 385 Å². The zero-order valence-electron chi connectivity index (χ0n) is 41.4. The fraction of sp³-hybridized carbons (Fsp3) is 0.839. The molecule has 0 heterocycles. The van der Waals surface area contributed by atoms with Crippen LogP contribution in [0.5, 0.6) is 0 Å². The van der Waals surface area contributed by atoms with Gasteiger partial charge in [0, 0.05) is 19.3 Å². The van der Waals surface area contributed by atoms with Crippen molar-refractivity contribution in [1.29, 1.82) is 0 Å². The SMILES string of the molecule is CCCCC/C=C\C/C=C\CCCCCCCCCC(=O)OC[C@@H](COC(=O)CCCCCCC/C=C\CCCCCC)OC(=O)CCCCCCCCCCCCCCCC. The van der Waals surface area contributed by atoms with Crippen LogP contribution in [0, 0.1) is 0 Å². The van der Waals surface area contributed by atoms with Crippen LogP contribution < -0.4 is 0 Å². The lowest BCUT2D eigenvalue weighted by Crippen LogP contribution is -2.30. The van der Waals surface area contributed by atoms with Crippen LogP contribution in [0.15, 0.2) is 36.5 Å². The fourth-order valence-electron chi connectivity index (χ4n) is 7.76. The van der Waals surface area contributed by atoms with Gasteiger partial charge in [-0.3, -0.25) is 14.4 Å². The summed E-state index contributed by atoms with van der Waals surface area (Å²) in [5.74, 6) is -0.879. The summed E-state index contributed by atoms with van der Waals surface area (Å²) in [5.41, 5.74) is 0. The number of unbranched alkanes of at least 4 members (excludes halogenated alkanes) is 32. The van der Waals surface area contributed by atoms with Gasteiger partial charge in [-0.1, -0.05) is 224 Å². The molecule has 0 amide bonds. The molecular formula is C56H102O6. The van der Waals surface area contributed by atoms with Crippen molar-refractivity contribution in [1.82, 2.24) is 0 Å². The van der Waals surface area contributed by atoms with E-state index in [1.807, 2.05) is 0 Å². The van der Waals surface area contributed by atoms with E-state index in [0.717, 1.165) is 77.0 Å². The third-order valence-corrected chi connectivity index (χ3v) is 11.9. The molecule has 6 heteroatoms. The molecule has 0 rings (SSSR count). The molecule has 0 radical (unpaired) electrons. The van der Waals surface area contributed by atoms with Crippen LogP contribution in [-0.2, 0) is 28.6 Å². The molecule has 6 nitrogen and oxygen atoms in total. The number of ether oxygens (including phenoxy) is 3. The van der Waals surface area contributed by atoms with Gasteiger partial charge in [0.1, 0.15) is 13.2 Å². The Morgan fingerprint density at radius 3 is 0.952 bits per heavy atom. The first-order valence-electron chi connectivity index (χ1n) is 27.0. The van der Waals surface area contributed by atoms with Crippen LogP contribution in [0.2, 0.25) is 0 Å². The topological polar surface area (TPSA) is 78.9 Å². The maximum atomic E-state index is 12.8. The molecule has 0 unspecified atom stereocenters. The molecule has 1 atom stereocenters. The Balaban J connectivity index is 4.36. The number of esters is 3. The van der Waals surface area contributed by atoms with E-state index in [1.54, 1.807) is 0 Å². The zero-order valence-corrected chi connectivity index (χ0v) is 41.4. The van der Waals surface area contributed by atoms with E-state index in [4.69, 9.17) is 14.2 Å². The van der Waals surface area contributed by atoms with Crippen LogP contribution in [0.25, 0.3) is 0 Å². The van der Waals surface area contributed by atoms with Gasteiger partial charge in [0.05, 0.1) is 0 Å². The van der Waals surface area contributed by atoms with Crippen molar-refractivity contribution in [2.24, 2.45) is 0 Å². The Kier molecular flexibility index (Phi) is 49.3. The fourth-order valence-corrected chi connectivity index (χ4v) is 7.76. The molecule has 362 valence electrons. The molecule has 0 N–H and O–H groups in total. The number of rotatable bonds is 49. The summed E-state index contributed by atoms with van der Waals surface area (Å²) in [6.45, 7) is 6.61. The lowest BCUT2D eigenvalue weighted by Gasteiger charge is -2.18. The molecule has 0 fully saturated rings. The van der Waals surface area contributed by atoms with Crippen LogP contribution in [0.4, 0.5) is 0 Å². The van der Waals surface area contributed by atoms with Crippen molar-refractivity contribution >= 4 is 17.9 Å². The van der Waals surface area contributed by atoms with Gasteiger partial charge in [-0.25, -0.2) is 0 Å². The van der Waals surface area contributed by atoms with Gasteiger partial charge in [-0.15, -0.1) is 0 Å². The summed E-state index contributed by atoms with van der Waals surface area (Å²) in [6, 6.07) is 0. The molecule has 0 saturated heterocycles. The second-order valence-electron chi connectivity index (χ2n) is 18.1. The lowest BCUT2D eigenvalue weighted by molar-refractivity contribution is -0.167. The largest absolute Gasteiger partial charge is 0.462 e. The van der Waals surface area contributed by atoms with E-state index in [-0.39, 0.29) is 31.1 Å². The van der Waals surface area contributed by atoms with Gasteiger partial charge in [0.2, 0.25) is 0 Å². The van der Waals surface area contributed by atoms with E-state index < -0.39 is 6.10 Å². The minimum absolute atomic E-state index is 0.0759. The number of allylic oxidation sites excluding steroid dienone is 6. The van der Waals surface area contributed by atoms with Crippen molar-refractivity contribution in [2.75, 3.05) is 13.2 Å². The maximum absolute atomic E-state index is 12.8. The first kappa shape index (κ1) is 59.6. The number of hydrogen-bond donors (Lipinski definition) is 0. The highest BCUT2D eigenvalue weighted by molar-refractivity contribution is 5.71. The standard InChI is InChI=1S/C56H102O6/c1-4-7-10-13-16-19-22-25-27-28-29-32-34-37-40-43-46-49-55(58)61-52-53(51-60-54(57)48-45-42-39-36-33-30-24-21-18-15-12-9-6-3)62-56(59)50-47-44-41-38-35-31-26-23-20-17-14-11-8-5-2/h16,19,21,24-25,27,53H,4-15,17-18,20,22-23,26,28-52H2,1-3H3/b19-16-,24-21-,27-25-/t53-/m1/s1. The third-order valence-electron chi connectivity index (χ3n) is 11.9. The molecule has 0 aromatic carbocycles.